The fourth-order valence-corrected chi connectivity index (χ4v) is 2.12. The fraction of sp³-hybridized carbons (Fsp3) is 0.429. The number of hydrogen-bond donors (Lipinski definition) is 1. The van der Waals surface area contributed by atoms with E-state index in [-0.39, 0.29) is 0 Å². The van der Waals surface area contributed by atoms with Crippen molar-refractivity contribution < 1.29 is 0 Å². The second kappa shape index (κ2) is 3.77. The van der Waals surface area contributed by atoms with Crippen LogP contribution in [0.15, 0.2) is 30.5 Å². The van der Waals surface area contributed by atoms with E-state index in [1.165, 1.54) is 6.42 Å². The molecule has 0 saturated heterocycles. The van der Waals surface area contributed by atoms with Gasteiger partial charge in [0.25, 0.3) is 0 Å². The highest BCUT2D eigenvalue weighted by molar-refractivity contribution is 5.73. The third kappa shape index (κ3) is 2.15. The first-order chi connectivity index (χ1) is 8.15. The van der Waals surface area contributed by atoms with E-state index in [4.69, 9.17) is 0 Å². The summed E-state index contributed by atoms with van der Waals surface area (Å²) < 4.78 is 0. The lowest BCUT2D eigenvalue weighted by atomic mass is 10.2. The molecule has 0 aliphatic heterocycles. The summed E-state index contributed by atoms with van der Waals surface area (Å²) in [4.78, 5) is 9.01. The van der Waals surface area contributed by atoms with Gasteiger partial charge in [-0.05, 0) is 24.0 Å². The predicted molar refractivity (Wildman–Crippen MR) is 68.6 cm³/mol. The molecule has 0 radical (unpaired) electrons. The molecule has 1 aromatic heterocycles. The SMILES string of the molecule is CC1(C)CC1NCc1cnc2ccccc2n1. The summed E-state index contributed by atoms with van der Waals surface area (Å²) >= 11 is 0. The standard InChI is InChI=1S/C14H17N3/c1-14(2)7-13(14)16-9-10-8-15-11-5-3-4-6-12(11)17-10/h3-6,8,13,16H,7,9H2,1-2H3. The predicted octanol–water partition coefficient (Wildman–Crippen LogP) is 2.52. The smallest absolute Gasteiger partial charge is 0.0890 e. The average molecular weight is 227 g/mol. The third-order valence-electron chi connectivity index (χ3n) is 3.54. The number of nitrogens with one attached hydrogen (secondary N) is 1. The molecule has 3 rings (SSSR count). The Morgan fingerprint density at radius 3 is 2.71 bits per heavy atom. The van der Waals surface area contributed by atoms with Gasteiger partial charge in [0.15, 0.2) is 0 Å². The Morgan fingerprint density at radius 2 is 2.00 bits per heavy atom. The van der Waals surface area contributed by atoms with Gasteiger partial charge in [0.05, 0.1) is 22.9 Å². The summed E-state index contributed by atoms with van der Waals surface area (Å²) in [5.41, 5.74) is 3.42. The first kappa shape index (κ1) is 10.7. The number of benzene rings is 1. The lowest BCUT2D eigenvalue weighted by Crippen LogP contribution is -2.20. The molecule has 3 nitrogen and oxygen atoms in total. The molecule has 1 aliphatic carbocycles. The lowest BCUT2D eigenvalue weighted by molar-refractivity contribution is 0.538. The van der Waals surface area contributed by atoms with Gasteiger partial charge >= 0.3 is 0 Å². The van der Waals surface area contributed by atoms with E-state index >= 15 is 0 Å². The highest BCUT2D eigenvalue weighted by atomic mass is 15.0. The van der Waals surface area contributed by atoms with E-state index in [1.807, 2.05) is 30.5 Å². The van der Waals surface area contributed by atoms with Crippen LogP contribution < -0.4 is 5.32 Å². The van der Waals surface area contributed by atoms with Gasteiger partial charge in [-0.25, -0.2) is 4.98 Å². The van der Waals surface area contributed by atoms with E-state index in [9.17, 15) is 0 Å². The van der Waals surface area contributed by atoms with Crippen molar-refractivity contribution in [2.45, 2.75) is 32.9 Å². The highest BCUT2D eigenvalue weighted by Gasteiger charge is 2.45. The molecule has 3 heteroatoms. The number of nitrogens with zero attached hydrogens (tertiary/aromatic N) is 2. The van der Waals surface area contributed by atoms with E-state index in [0.717, 1.165) is 23.3 Å². The maximum absolute atomic E-state index is 4.60. The molecule has 88 valence electrons. The van der Waals surface area contributed by atoms with Crippen LogP contribution in [-0.4, -0.2) is 16.0 Å². The van der Waals surface area contributed by atoms with Crippen molar-refractivity contribution in [3.63, 3.8) is 0 Å². The summed E-state index contributed by atoms with van der Waals surface area (Å²) in [6.45, 7) is 5.39. The topological polar surface area (TPSA) is 37.8 Å². The zero-order valence-electron chi connectivity index (χ0n) is 10.3. The minimum Gasteiger partial charge on any atom is -0.308 e. The van der Waals surface area contributed by atoms with Gasteiger partial charge in [-0.1, -0.05) is 26.0 Å². The Morgan fingerprint density at radius 1 is 1.29 bits per heavy atom. The number of rotatable bonds is 3. The van der Waals surface area contributed by atoms with Crippen LogP contribution >= 0.6 is 0 Å². The second-order valence-electron chi connectivity index (χ2n) is 5.48. The molecule has 1 aliphatic rings. The van der Waals surface area contributed by atoms with Gasteiger partial charge in [-0.2, -0.15) is 0 Å². The Balaban J connectivity index is 1.73. The van der Waals surface area contributed by atoms with Crippen molar-refractivity contribution >= 4 is 11.0 Å². The largest absolute Gasteiger partial charge is 0.308 e. The van der Waals surface area contributed by atoms with Crippen LogP contribution in [0.25, 0.3) is 11.0 Å². The fourth-order valence-electron chi connectivity index (χ4n) is 2.12. The van der Waals surface area contributed by atoms with Crippen molar-refractivity contribution in [1.82, 2.24) is 15.3 Å². The molecule has 0 bridgehead atoms. The first-order valence-corrected chi connectivity index (χ1v) is 6.09. The van der Waals surface area contributed by atoms with Gasteiger partial charge in [0.1, 0.15) is 0 Å². The molecule has 1 fully saturated rings. The normalized spacial score (nSPS) is 21.6. The minimum absolute atomic E-state index is 0.463. The molecule has 17 heavy (non-hydrogen) atoms. The molecule has 1 N–H and O–H groups in total. The van der Waals surface area contributed by atoms with E-state index < -0.39 is 0 Å². The van der Waals surface area contributed by atoms with E-state index in [0.29, 0.717) is 11.5 Å². The van der Waals surface area contributed by atoms with Gasteiger partial charge in [0, 0.05) is 12.6 Å². The quantitative estimate of drug-likeness (QED) is 0.875. The summed E-state index contributed by atoms with van der Waals surface area (Å²) in [6.07, 6.45) is 3.12. The van der Waals surface area contributed by atoms with Crippen LogP contribution in [-0.2, 0) is 6.54 Å². The molecule has 0 amide bonds. The number of para-hydroxylation sites is 2. The Kier molecular flexibility index (Phi) is 2.37. The van der Waals surface area contributed by atoms with Crippen molar-refractivity contribution in [2.75, 3.05) is 0 Å². The number of fused-ring (bicyclic) bond motifs is 1. The van der Waals surface area contributed by atoms with Crippen molar-refractivity contribution in [3.05, 3.63) is 36.2 Å². The summed E-state index contributed by atoms with van der Waals surface area (Å²) in [5.74, 6) is 0. The maximum Gasteiger partial charge on any atom is 0.0890 e. The molecule has 1 aromatic carbocycles. The monoisotopic (exact) mass is 227 g/mol. The first-order valence-electron chi connectivity index (χ1n) is 6.09. The van der Waals surface area contributed by atoms with Crippen molar-refractivity contribution in [3.8, 4) is 0 Å². The summed E-state index contributed by atoms with van der Waals surface area (Å²) in [6, 6.07) is 8.62. The van der Waals surface area contributed by atoms with E-state index in [1.54, 1.807) is 0 Å². The molecular weight excluding hydrogens is 210 g/mol. The Bertz CT molecular complexity index is 548. The zero-order valence-corrected chi connectivity index (χ0v) is 10.3. The van der Waals surface area contributed by atoms with Crippen LogP contribution in [0.1, 0.15) is 26.0 Å². The molecule has 1 saturated carbocycles. The minimum atomic E-state index is 0.463. The third-order valence-corrected chi connectivity index (χ3v) is 3.54. The van der Waals surface area contributed by atoms with Crippen LogP contribution in [0, 0.1) is 5.41 Å². The molecule has 1 atom stereocenters. The van der Waals surface area contributed by atoms with Crippen molar-refractivity contribution in [2.24, 2.45) is 5.41 Å². The highest BCUT2D eigenvalue weighted by Crippen LogP contribution is 2.44. The molecular formula is C14H17N3. The lowest BCUT2D eigenvalue weighted by Gasteiger charge is -2.06. The van der Waals surface area contributed by atoms with Crippen LogP contribution in [0.4, 0.5) is 0 Å². The van der Waals surface area contributed by atoms with Crippen LogP contribution in [0.2, 0.25) is 0 Å². The Hall–Kier alpha value is -1.48. The van der Waals surface area contributed by atoms with Crippen LogP contribution in [0.3, 0.4) is 0 Å². The average Bonchev–Trinajstić information content (AvgIpc) is 2.94. The summed E-state index contributed by atoms with van der Waals surface area (Å²) in [7, 11) is 0. The summed E-state index contributed by atoms with van der Waals surface area (Å²) in [5, 5.41) is 3.53. The van der Waals surface area contributed by atoms with E-state index in [2.05, 4.69) is 29.1 Å². The second-order valence-corrected chi connectivity index (χ2v) is 5.48. The maximum atomic E-state index is 4.60. The Labute approximate surface area is 101 Å². The van der Waals surface area contributed by atoms with Gasteiger partial charge in [0.2, 0.25) is 0 Å². The molecule has 1 heterocycles. The van der Waals surface area contributed by atoms with Gasteiger partial charge in [-0.3, -0.25) is 4.98 Å². The molecule has 2 aromatic rings. The van der Waals surface area contributed by atoms with Gasteiger partial charge in [-0.15, -0.1) is 0 Å². The zero-order chi connectivity index (χ0) is 11.9. The number of aromatic nitrogens is 2. The molecule has 1 unspecified atom stereocenters. The number of hydrogen-bond acceptors (Lipinski definition) is 3. The van der Waals surface area contributed by atoms with Crippen molar-refractivity contribution in [1.29, 1.82) is 0 Å². The van der Waals surface area contributed by atoms with Crippen LogP contribution in [0.5, 0.6) is 0 Å². The molecule has 0 spiro atoms. The van der Waals surface area contributed by atoms with Gasteiger partial charge < -0.3 is 5.32 Å².